The Morgan fingerprint density at radius 1 is 1.17 bits per heavy atom. The molecule has 0 radical (unpaired) electrons. The highest BCUT2D eigenvalue weighted by Gasteiger charge is 2.04. The Hall–Kier alpha value is -1.81. The predicted octanol–water partition coefficient (Wildman–Crippen LogP) is 3.21. The first-order valence-electron chi connectivity index (χ1n) is 5.53. The smallest absolute Gasteiger partial charge is 0.228 e. The summed E-state index contributed by atoms with van der Waals surface area (Å²) in [7, 11) is 0. The number of hydrogen-bond donors (Lipinski definition) is 2. The zero-order valence-electron chi connectivity index (χ0n) is 9.69. The summed E-state index contributed by atoms with van der Waals surface area (Å²) in [6.07, 6.45) is 0.342. The molecule has 0 fully saturated rings. The minimum Gasteiger partial charge on any atom is -0.399 e. The normalized spacial score (nSPS) is 10.1. The molecule has 0 bridgehead atoms. The lowest BCUT2D eigenvalue weighted by molar-refractivity contribution is -0.115. The highest BCUT2D eigenvalue weighted by Crippen LogP contribution is 2.14. The standard InChI is InChI=1S/C14H13BrN2O/c15-11-4-1-3-10(7-11)8-14(18)17-13-6-2-5-12(16)9-13/h1-7,9H,8,16H2,(H,17,18). The average molecular weight is 305 g/mol. The van der Waals surface area contributed by atoms with E-state index in [1.807, 2.05) is 36.4 Å². The highest BCUT2D eigenvalue weighted by atomic mass is 79.9. The van der Waals surface area contributed by atoms with Crippen molar-refractivity contribution < 1.29 is 4.79 Å². The summed E-state index contributed by atoms with van der Waals surface area (Å²) in [6, 6.07) is 14.8. The number of benzene rings is 2. The van der Waals surface area contributed by atoms with Crippen LogP contribution in [0.15, 0.2) is 53.0 Å². The van der Waals surface area contributed by atoms with Gasteiger partial charge in [0.2, 0.25) is 5.91 Å². The van der Waals surface area contributed by atoms with E-state index in [9.17, 15) is 4.79 Å². The molecule has 0 heterocycles. The van der Waals surface area contributed by atoms with Gasteiger partial charge in [-0.2, -0.15) is 0 Å². The predicted molar refractivity (Wildman–Crippen MR) is 77.3 cm³/mol. The summed E-state index contributed by atoms with van der Waals surface area (Å²) in [5.74, 6) is -0.0568. The van der Waals surface area contributed by atoms with Gasteiger partial charge < -0.3 is 11.1 Å². The van der Waals surface area contributed by atoms with Gasteiger partial charge in [-0.15, -0.1) is 0 Å². The molecule has 0 unspecified atom stereocenters. The number of carbonyl (C=O) groups excluding carboxylic acids is 1. The fourth-order valence-corrected chi connectivity index (χ4v) is 2.10. The van der Waals surface area contributed by atoms with Crippen LogP contribution in [0.2, 0.25) is 0 Å². The number of hydrogen-bond acceptors (Lipinski definition) is 2. The molecule has 0 aliphatic rings. The van der Waals surface area contributed by atoms with Gasteiger partial charge in [-0.05, 0) is 35.9 Å². The SMILES string of the molecule is Nc1cccc(NC(=O)Cc2cccc(Br)c2)c1. The summed E-state index contributed by atoms with van der Waals surface area (Å²) in [6.45, 7) is 0. The summed E-state index contributed by atoms with van der Waals surface area (Å²) in [5.41, 5.74) is 7.97. The van der Waals surface area contributed by atoms with Gasteiger partial charge in [0.15, 0.2) is 0 Å². The van der Waals surface area contributed by atoms with Crippen molar-refractivity contribution in [2.24, 2.45) is 0 Å². The monoisotopic (exact) mass is 304 g/mol. The fraction of sp³-hybridized carbons (Fsp3) is 0.0714. The molecular weight excluding hydrogens is 292 g/mol. The second kappa shape index (κ2) is 5.69. The number of carbonyl (C=O) groups is 1. The first kappa shape index (κ1) is 12.6. The Labute approximate surface area is 114 Å². The lowest BCUT2D eigenvalue weighted by Crippen LogP contribution is -2.14. The van der Waals surface area contributed by atoms with Crippen molar-refractivity contribution in [2.75, 3.05) is 11.1 Å². The molecular formula is C14H13BrN2O. The molecule has 0 aromatic heterocycles. The van der Waals surface area contributed by atoms with Gasteiger partial charge in [0.05, 0.1) is 6.42 Å². The van der Waals surface area contributed by atoms with E-state index in [-0.39, 0.29) is 5.91 Å². The van der Waals surface area contributed by atoms with E-state index in [4.69, 9.17) is 5.73 Å². The second-order valence-corrected chi connectivity index (χ2v) is 4.90. The fourth-order valence-electron chi connectivity index (χ4n) is 1.65. The summed E-state index contributed by atoms with van der Waals surface area (Å²) in [5, 5.41) is 2.82. The Balaban J connectivity index is 2.01. The third-order valence-electron chi connectivity index (χ3n) is 2.42. The number of halogens is 1. The van der Waals surface area contributed by atoms with Gasteiger partial charge in [-0.1, -0.05) is 34.1 Å². The van der Waals surface area contributed by atoms with Crippen LogP contribution in [-0.2, 0) is 11.2 Å². The molecule has 0 spiro atoms. The molecule has 3 nitrogen and oxygen atoms in total. The summed E-state index contributed by atoms with van der Waals surface area (Å²) < 4.78 is 0.969. The molecule has 1 amide bonds. The zero-order chi connectivity index (χ0) is 13.0. The summed E-state index contributed by atoms with van der Waals surface area (Å²) >= 11 is 3.38. The largest absolute Gasteiger partial charge is 0.399 e. The van der Waals surface area contributed by atoms with Crippen molar-refractivity contribution >= 4 is 33.2 Å². The molecule has 2 rings (SSSR count). The van der Waals surface area contributed by atoms with Crippen LogP contribution in [0.25, 0.3) is 0 Å². The van der Waals surface area contributed by atoms with Crippen molar-refractivity contribution in [3.05, 3.63) is 58.6 Å². The van der Waals surface area contributed by atoms with Gasteiger partial charge in [-0.25, -0.2) is 0 Å². The van der Waals surface area contributed by atoms with Gasteiger partial charge >= 0.3 is 0 Å². The van der Waals surface area contributed by atoms with Crippen LogP contribution in [0.1, 0.15) is 5.56 Å². The van der Waals surface area contributed by atoms with Crippen molar-refractivity contribution in [1.82, 2.24) is 0 Å². The lowest BCUT2D eigenvalue weighted by atomic mass is 10.1. The van der Waals surface area contributed by atoms with Crippen LogP contribution in [-0.4, -0.2) is 5.91 Å². The lowest BCUT2D eigenvalue weighted by Gasteiger charge is -2.06. The Morgan fingerprint density at radius 3 is 2.67 bits per heavy atom. The van der Waals surface area contributed by atoms with Crippen LogP contribution in [0.3, 0.4) is 0 Å². The molecule has 0 atom stereocenters. The highest BCUT2D eigenvalue weighted by molar-refractivity contribution is 9.10. The maximum Gasteiger partial charge on any atom is 0.228 e. The minimum atomic E-state index is -0.0568. The van der Waals surface area contributed by atoms with Crippen LogP contribution in [0.4, 0.5) is 11.4 Å². The molecule has 2 aromatic rings. The molecule has 18 heavy (non-hydrogen) atoms. The first-order chi connectivity index (χ1) is 8.63. The quantitative estimate of drug-likeness (QED) is 0.856. The van der Waals surface area contributed by atoms with Gasteiger partial charge in [0.1, 0.15) is 0 Å². The molecule has 4 heteroatoms. The Bertz CT molecular complexity index is 520. The second-order valence-electron chi connectivity index (χ2n) is 3.98. The van der Waals surface area contributed by atoms with Crippen molar-refractivity contribution in [3.8, 4) is 0 Å². The number of amides is 1. The van der Waals surface area contributed by atoms with Crippen LogP contribution < -0.4 is 11.1 Å². The zero-order valence-corrected chi connectivity index (χ0v) is 11.3. The van der Waals surface area contributed by atoms with Crippen LogP contribution in [0, 0.1) is 0 Å². The molecule has 92 valence electrons. The van der Waals surface area contributed by atoms with E-state index in [1.54, 1.807) is 12.1 Å². The van der Waals surface area contributed by atoms with E-state index in [0.29, 0.717) is 12.1 Å². The molecule has 0 saturated heterocycles. The number of nitrogens with one attached hydrogen (secondary N) is 1. The Morgan fingerprint density at radius 2 is 1.94 bits per heavy atom. The van der Waals surface area contributed by atoms with Crippen molar-refractivity contribution in [1.29, 1.82) is 0 Å². The van der Waals surface area contributed by atoms with Gasteiger partial charge in [0, 0.05) is 15.8 Å². The maximum absolute atomic E-state index is 11.8. The minimum absolute atomic E-state index is 0.0568. The average Bonchev–Trinajstić information content (AvgIpc) is 2.28. The number of anilines is 2. The van der Waals surface area contributed by atoms with Crippen LogP contribution >= 0.6 is 15.9 Å². The van der Waals surface area contributed by atoms with E-state index < -0.39 is 0 Å². The van der Waals surface area contributed by atoms with E-state index in [1.165, 1.54) is 0 Å². The Kier molecular flexibility index (Phi) is 3.99. The topological polar surface area (TPSA) is 55.1 Å². The summed E-state index contributed by atoms with van der Waals surface area (Å²) in [4.78, 5) is 11.8. The van der Waals surface area contributed by atoms with Crippen LogP contribution in [0.5, 0.6) is 0 Å². The molecule has 0 saturated carbocycles. The molecule has 0 aliphatic heterocycles. The number of nitrogen functional groups attached to an aromatic ring is 1. The molecule has 0 aliphatic carbocycles. The third-order valence-corrected chi connectivity index (χ3v) is 2.92. The van der Waals surface area contributed by atoms with E-state index >= 15 is 0 Å². The maximum atomic E-state index is 11.8. The van der Waals surface area contributed by atoms with E-state index in [2.05, 4.69) is 21.2 Å². The first-order valence-corrected chi connectivity index (χ1v) is 6.32. The van der Waals surface area contributed by atoms with Gasteiger partial charge in [0.25, 0.3) is 0 Å². The van der Waals surface area contributed by atoms with Crippen molar-refractivity contribution in [2.45, 2.75) is 6.42 Å². The third kappa shape index (κ3) is 3.60. The van der Waals surface area contributed by atoms with Crippen molar-refractivity contribution in [3.63, 3.8) is 0 Å². The molecule has 2 aromatic carbocycles. The molecule has 3 N–H and O–H groups in total. The van der Waals surface area contributed by atoms with E-state index in [0.717, 1.165) is 15.7 Å². The number of rotatable bonds is 3. The van der Waals surface area contributed by atoms with Gasteiger partial charge in [-0.3, -0.25) is 4.79 Å². The number of nitrogens with two attached hydrogens (primary N) is 1.